The monoisotopic (exact) mass is 249 g/mol. The van der Waals surface area contributed by atoms with E-state index >= 15 is 0 Å². The van der Waals surface area contributed by atoms with Crippen LogP contribution in [0.5, 0.6) is 5.75 Å². The van der Waals surface area contributed by atoms with Crippen molar-refractivity contribution < 1.29 is 4.74 Å². The molecule has 0 fully saturated rings. The number of benzene rings is 1. The lowest BCUT2D eigenvalue weighted by Gasteiger charge is -2.09. The van der Waals surface area contributed by atoms with Gasteiger partial charge < -0.3 is 16.2 Å². The van der Waals surface area contributed by atoms with E-state index in [0.717, 1.165) is 16.9 Å². The van der Waals surface area contributed by atoms with E-state index < -0.39 is 0 Å². The smallest absolute Gasteiger partial charge is 0.182 e. The summed E-state index contributed by atoms with van der Waals surface area (Å²) >= 11 is 1.29. The van der Waals surface area contributed by atoms with Crippen molar-refractivity contribution in [2.75, 3.05) is 18.1 Å². The van der Waals surface area contributed by atoms with Crippen LogP contribution >= 0.6 is 11.3 Å². The van der Waals surface area contributed by atoms with E-state index in [0.29, 0.717) is 22.4 Å². The summed E-state index contributed by atoms with van der Waals surface area (Å²) in [5.41, 5.74) is 14.3. The summed E-state index contributed by atoms with van der Waals surface area (Å²) in [7, 11) is 0. The third-order valence-electron chi connectivity index (χ3n) is 2.36. The highest BCUT2D eigenvalue weighted by atomic mass is 32.1. The lowest BCUT2D eigenvalue weighted by molar-refractivity contribution is 0.341. The molecule has 0 amide bonds. The summed E-state index contributed by atoms with van der Waals surface area (Å²) in [5, 5.41) is 1.09. The second-order valence-electron chi connectivity index (χ2n) is 3.70. The van der Waals surface area contributed by atoms with Crippen LogP contribution in [0.3, 0.4) is 0 Å². The van der Waals surface area contributed by atoms with E-state index in [2.05, 4.69) is 4.98 Å². The second-order valence-corrected chi connectivity index (χ2v) is 4.76. The molecule has 4 nitrogen and oxygen atoms in total. The molecule has 5 heteroatoms. The van der Waals surface area contributed by atoms with Gasteiger partial charge in [0.15, 0.2) is 5.13 Å². The van der Waals surface area contributed by atoms with Gasteiger partial charge in [0.2, 0.25) is 0 Å². The number of aromatic nitrogens is 1. The predicted molar refractivity (Wildman–Crippen MR) is 72.3 cm³/mol. The molecule has 1 aromatic heterocycles. The van der Waals surface area contributed by atoms with Gasteiger partial charge in [-0.05, 0) is 26.0 Å². The van der Waals surface area contributed by atoms with Gasteiger partial charge >= 0.3 is 0 Å². The second kappa shape index (κ2) is 4.63. The Labute approximate surface area is 104 Å². The first kappa shape index (κ1) is 11.7. The summed E-state index contributed by atoms with van der Waals surface area (Å²) in [4.78, 5) is 4.26. The number of nitrogen functional groups attached to an aromatic ring is 2. The number of hydrogen-bond acceptors (Lipinski definition) is 5. The lowest BCUT2D eigenvalue weighted by Crippen LogP contribution is -1.96. The molecule has 0 aliphatic carbocycles. The Morgan fingerprint density at radius 2 is 2.12 bits per heavy atom. The standard InChI is InChI=1S/C12H15N3OS/c1-3-16-9-5-4-7(2)6-8(9)10-11(13)17-12(14)15-10/h4-6H,3,13H2,1-2H3,(H2,14,15). The van der Waals surface area contributed by atoms with Crippen molar-refractivity contribution in [2.24, 2.45) is 0 Å². The fraction of sp³-hybridized carbons (Fsp3) is 0.250. The topological polar surface area (TPSA) is 74.2 Å². The molecule has 2 rings (SSSR count). The van der Waals surface area contributed by atoms with Crippen LogP contribution in [0.4, 0.5) is 10.1 Å². The first-order valence-electron chi connectivity index (χ1n) is 5.37. The predicted octanol–water partition coefficient (Wildman–Crippen LogP) is 2.68. The molecule has 0 spiro atoms. The van der Waals surface area contributed by atoms with Crippen molar-refractivity contribution in [3.63, 3.8) is 0 Å². The Kier molecular flexibility index (Phi) is 3.19. The maximum absolute atomic E-state index is 5.91. The van der Waals surface area contributed by atoms with Crippen LogP contribution in [0, 0.1) is 6.92 Å². The minimum Gasteiger partial charge on any atom is -0.493 e. The molecule has 0 unspecified atom stereocenters. The number of hydrogen-bond donors (Lipinski definition) is 2. The number of anilines is 2. The van der Waals surface area contributed by atoms with Gasteiger partial charge in [0.05, 0.1) is 6.61 Å². The fourth-order valence-corrected chi connectivity index (χ4v) is 2.27. The average Bonchev–Trinajstić information content (AvgIpc) is 2.61. The van der Waals surface area contributed by atoms with Crippen molar-refractivity contribution in [3.05, 3.63) is 23.8 Å². The molecule has 0 aliphatic heterocycles. The van der Waals surface area contributed by atoms with Crippen LogP contribution in [0.1, 0.15) is 12.5 Å². The van der Waals surface area contributed by atoms with Gasteiger partial charge in [-0.2, -0.15) is 0 Å². The molecular weight excluding hydrogens is 234 g/mol. The van der Waals surface area contributed by atoms with Gasteiger partial charge in [-0.15, -0.1) is 0 Å². The summed E-state index contributed by atoms with van der Waals surface area (Å²) in [6.45, 7) is 4.57. The summed E-state index contributed by atoms with van der Waals surface area (Å²) < 4.78 is 5.58. The largest absolute Gasteiger partial charge is 0.493 e. The van der Waals surface area contributed by atoms with Gasteiger partial charge in [0.1, 0.15) is 16.4 Å². The Morgan fingerprint density at radius 1 is 1.35 bits per heavy atom. The number of nitrogens with two attached hydrogens (primary N) is 2. The maximum Gasteiger partial charge on any atom is 0.182 e. The van der Waals surface area contributed by atoms with Crippen molar-refractivity contribution in [1.82, 2.24) is 4.98 Å². The Morgan fingerprint density at radius 3 is 2.71 bits per heavy atom. The number of aryl methyl sites for hydroxylation is 1. The molecule has 0 atom stereocenters. The minimum atomic E-state index is 0.474. The van der Waals surface area contributed by atoms with Crippen molar-refractivity contribution >= 4 is 21.5 Å². The zero-order valence-electron chi connectivity index (χ0n) is 9.86. The van der Waals surface area contributed by atoms with E-state index in [1.54, 1.807) is 0 Å². The minimum absolute atomic E-state index is 0.474. The first-order valence-corrected chi connectivity index (χ1v) is 6.19. The first-order chi connectivity index (χ1) is 8.11. The van der Waals surface area contributed by atoms with Gasteiger partial charge in [0.25, 0.3) is 0 Å². The molecule has 2 aromatic rings. The third kappa shape index (κ3) is 2.34. The molecule has 0 bridgehead atoms. The van der Waals surface area contributed by atoms with Crippen LogP contribution < -0.4 is 16.2 Å². The highest BCUT2D eigenvalue weighted by Crippen LogP contribution is 2.37. The summed E-state index contributed by atoms with van der Waals surface area (Å²) in [6, 6.07) is 5.94. The zero-order chi connectivity index (χ0) is 12.4. The highest BCUT2D eigenvalue weighted by Gasteiger charge is 2.14. The van der Waals surface area contributed by atoms with Crippen molar-refractivity contribution in [2.45, 2.75) is 13.8 Å². The van der Waals surface area contributed by atoms with Crippen LogP contribution in [-0.2, 0) is 0 Å². The molecule has 0 radical (unpaired) electrons. The fourth-order valence-electron chi connectivity index (χ4n) is 1.65. The number of ether oxygens (including phenoxy) is 1. The van der Waals surface area contributed by atoms with E-state index in [4.69, 9.17) is 16.2 Å². The van der Waals surface area contributed by atoms with E-state index in [-0.39, 0.29) is 0 Å². The number of rotatable bonds is 3. The quantitative estimate of drug-likeness (QED) is 0.877. The van der Waals surface area contributed by atoms with Gasteiger partial charge in [-0.1, -0.05) is 23.0 Å². The molecule has 17 heavy (non-hydrogen) atoms. The highest BCUT2D eigenvalue weighted by molar-refractivity contribution is 7.19. The molecule has 1 aromatic carbocycles. The molecule has 0 aliphatic rings. The Bertz CT molecular complexity index is 537. The van der Waals surface area contributed by atoms with E-state index in [1.165, 1.54) is 11.3 Å². The van der Waals surface area contributed by atoms with E-state index in [9.17, 15) is 0 Å². The molecule has 1 heterocycles. The van der Waals surface area contributed by atoms with E-state index in [1.807, 2.05) is 32.0 Å². The normalized spacial score (nSPS) is 10.5. The summed E-state index contributed by atoms with van der Waals surface area (Å²) in [6.07, 6.45) is 0. The number of thiazole rings is 1. The van der Waals surface area contributed by atoms with Crippen molar-refractivity contribution in [3.8, 4) is 17.0 Å². The van der Waals surface area contributed by atoms with Crippen molar-refractivity contribution in [1.29, 1.82) is 0 Å². The number of nitrogens with zero attached hydrogens (tertiary/aromatic N) is 1. The molecule has 0 saturated heterocycles. The van der Waals surface area contributed by atoms with Gasteiger partial charge in [0, 0.05) is 5.56 Å². The Hall–Kier alpha value is -1.75. The average molecular weight is 249 g/mol. The van der Waals surface area contributed by atoms with Crippen LogP contribution in [-0.4, -0.2) is 11.6 Å². The van der Waals surface area contributed by atoms with Crippen LogP contribution in [0.2, 0.25) is 0 Å². The molecule has 90 valence electrons. The third-order valence-corrected chi connectivity index (χ3v) is 3.07. The summed E-state index contributed by atoms with van der Waals surface area (Å²) in [5.74, 6) is 0.787. The van der Waals surface area contributed by atoms with Gasteiger partial charge in [-0.3, -0.25) is 0 Å². The SMILES string of the molecule is CCOc1ccc(C)cc1-c1nc(N)sc1N. The molecule has 4 N–H and O–H groups in total. The zero-order valence-corrected chi connectivity index (χ0v) is 10.7. The molecule has 0 saturated carbocycles. The molecular formula is C12H15N3OS. The Balaban J connectivity index is 2.56. The maximum atomic E-state index is 5.91. The lowest BCUT2D eigenvalue weighted by atomic mass is 10.1. The van der Waals surface area contributed by atoms with Crippen LogP contribution in [0.25, 0.3) is 11.3 Å². The van der Waals surface area contributed by atoms with Crippen LogP contribution in [0.15, 0.2) is 18.2 Å². The van der Waals surface area contributed by atoms with Gasteiger partial charge in [-0.25, -0.2) is 4.98 Å².